The van der Waals surface area contributed by atoms with E-state index in [0.29, 0.717) is 25.8 Å². The molecule has 6 heteroatoms. The summed E-state index contributed by atoms with van der Waals surface area (Å²) in [4.78, 5) is 0. The fourth-order valence-corrected chi connectivity index (χ4v) is 6.01. The number of thioether (sulfide) groups is 2. The molecule has 1 aromatic carbocycles. The highest BCUT2D eigenvalue weighted by Crippen LogP contribution is 2.42. The van der Waals surface area contributed by atoms with Crippen LogP contribution in [0, 0.1) is 5.82 Å². The third kappa shape index (κ3) is 4.11. The SMILES string of the molecule is CCNC(c1ccc(Br)c(Cl)c1F)C1CSC(C)C(C)S1. The van der Waals surface area contributed by atoms with Crippen molar-refractivity contribution in [2.75, 3.05) is 12.3 Å². The van der Waals surface area contributed by atoms with E-state index in [0.717, 1.165) is 12.3 Å². The zero-order chi connectivity index (χ0) is 15.6. The minimum absolute atomic E-state index is 0.00644. The molecule has 0 spiro atoms. The van der Waals surface area contributed by atoms with Gasteiger partial charge in [0.25, 0.3) is 0 Å². The van der Waals surface area contributed by atoms with Crippen LogP contribution in [0.1, 0.15) is 32.4 Å². The van der Waals surface area contributed by atoms with E-state index in [9.17, 15) is 4.39 Å². The van der Waals surface area contributed by atoms with Gasteiger partial charge in [0.15, 0.2) is 0 Å². The summed E-state index contributed by atoms with van der Waals surface area (Å²) in [7, 11) is 0. The highest BCUT2D eigenvalue weighted by molar-refractivity contribution is 9.10. The van der Waals surface area contributed by atoms with Gasteiger partial charge in [0.1, 0.15) is 5.82 Å². The molecule has 0 aliphatic carbocycles. The first-order valence-corrected chi connectivity index (χ1v) is 10.3. The van der Waals surface area contributed by atoms with Crippen LogP contribution in [-0.4, -0.2) is 28.0 Å². The Kier molecular flexibility index (Phi) is 6.75. The average molecular weight is 413 g/mol. The number of nitrogens with one attached hydrogen (secondary N) is 1. The maximum Gasteiger partial charge on any atom is 0.147 e. The van der Waals surface area contributed by atoms with E-state index in [2.05, 4.69) is 42.0 Å². The fourth-order valence-electron chi connectivity index (χ4n) is 2.43. The summed E-state index contributed by atoms with van der Waals surface area (Å²) in [6, 6.07) is 3.66. The molecule has 1 aliphatic rings. The predicted molar refractivity (Wildman–Crippen MR) is 98.3 cm³/mol. The standard InChI is InChI=1S/C15H20BrClFNS2/c1-4-19-15(12-7-20-8(2)9(3)21-12)10-5-6-11(16)13(17)14(10)18/h5-6,8-9,12,15,19H,4,7H2,1-3H3. The number of hydrogen-bond acceptors (Lipinski definition) is 3. The molecule has 2 rings (SSSR count). The lowest BCUT2D eigenvalue weighted by Gasteiger charge is -2.36. The first-order valence-electron chi connectivity index (χ1n) is 7.09. The van der Waals surface area contributed by atoms with Crippen molar-refractivity contribution in [3.63, 3.8) is 0 Å². The second kappa shape index (κ2) is 7.91. The van der Waals surface area contributed by atoms with Gasteiger partial charge < -0.3 is 5.32 Å². The molecule has 1 aliphatic heterocycles. The van der Waals surface area contributed by atoms with Crippen molar-refractivity contribution in [1.29, 1.82) is 0 Å². The average Bonchev–Trinajstić information content (AvgIpc) is 2.46. The van der Waals surface area contributed by atoms with Gasteiger partial charge in [-0.15, -0.1) is 0 Å². The Hall–Kier alpha value is 0.580. The van der Waals surface area contributed by atoms with Gasteiger partial charge in [0.05, 0.1) is 5.02 Å². The van der Waals surface area contributed by atoms with Crippen LogP contribution in [0.25, 0.3) is 0 Å². The molecule has 21 heavy (non-hydrogen) atoms. The molecule has 1 saturated heterocycles. The van der Waals surface area contributed by atoms with Gasteiger partial charge in [0, 0.05) is 37.6 Å². The Labute approximate surface area is 148 Å². The normalized spacial score (nSPS) is 27.6. The Morgan fingerprint density at radius 1 is 1.43 bits per heavy atom. The number of rotatable bonds is 4. The zero-order valence-electron chi connectivity index (χ0n) is 12.3. The van der Waals surface area contributed by atoms with Gasteiger partial charge in [-0.2, -0.15) is 23.5 Å². The second-order valence-corrected chi connectivity index (χ2v) is 9.48. The summed E-state index contributed by atoms with van der Waals surface area (Å²) in [5.74, 6) is 0.717. The van der Waals surface area contributed by atoms with Gasteiger partial charge in [-0.05, 0) is 28.5 Å². The molecule has 0 aromatic heterocycles. The molecule has 4 atom stereocenters. The third-order valence-corrected chi connectivity index (χ3v) is 8.52. The number of hydrogen-bond donors (Lipinski definition) is 1. The van der Waals surface area contributed by atoms with E-state index in [1.807, 2.05) is 35.7 Å². The first-order chi connectivity index (χ1) is 9.95. The summed E-state index contributed by atoms with van der Waals surface area (Å²) in [6.45, 7) is 7.38. The number of halogens is 3. The lowest BCUT2D eigenvalue weighted by atomic mass is 10.0. The molecule has 1 fully saturated rings. The predicted octanol–water partition coefficient (Wildman–Crippen LogP) is 5.52. The molecule has 1 aromatic rings. The van der Waals surface area contributed by atoms with Crippen LogP contribution in [0.5, 0.6) is 0 Å². The third-order valence-electron chi connectivity index (χ3n) is 3.77. The van der Waals surface area contributed by atoms with E-state index in [4.69, 9.17) is 11.6 Å². The van der Waals surface area contributed by atoms with Crippen LogP contribution in [-0.2, 0) is 0 Å². The van der Waals surface area contributed by atoms with Crippen molar-refractivity contribution < 1.29 is 4.39 Å². The second-order valence-electron chi connectivity index (χ2n) is 5.22. The lowest BCUT2D eigenvalue weighted by molar-refractivity contribution is 0.509. The molecule has 4 unspecified atom stereocenters. The van der Waals surface area contributed by atoms with Gasteiger partial charge in [-0.25, -0.2) is 4.39 Å². The molecule has 0 saturated carbocycles. The topological polar surface area (TPSA) is 12.0 Å². The molecule has 0 bridgehead atoms. The van der Waals surface area contributed by atoms with E-state index < -0.39 is 0 Å². The molecule has 1 nitrogen and oxygen atoms in total. The highest BCUT2D eigenvalue weighted by Gasteiger charge is 2.33. The lowest BCUT2D eigenvalue weighted by Crippen LogP contribution is -2.37. The van der Waals surface area contributed by atoms with Crippen molar-refractivity contribution in [1.82, 2.24) is 5.32 Å². The Morgan fingerprint density at radius 3 is 2.76 bits per heavy atom. The maximum atomic E-state index is 14.5. The summed E-state index contributed by atoms with van der Waals surface area (Å²) in [5, 5.41) is 5.19. The molecular weight excluding hydrogens is 393 g/mol. The van der Waals surface area contributed by atoms with Crippen molar-refractivity contribution in [3.05, 3.63) is 33.0 Å². The van der Waals surface area contributed by atoms with Crippen LogP contribution < -0.4 is 5.32 Å². The Bertz CT molecular complexity index is 503. The maximum absolute atomic E-state index is 14.5. The summed E-state index contributed by atoms with van der Waals surface area (Å²) in [5.41, 5.74) is 0.671. The number of benzene rings is 1. The molecule has 1 heterocycles. The van der Waals surface area contributed by atoms with Crippen molar-refractivity contribution >= 4 is 51.1 Å². The van der Waals surface area contributed by atoms with Crippen LogP contribution in [0.15, 0.2) is 16.6 Å². The van der Waals surface area contributed by atoms with Gasteiger partial charge in [-0.3, -0.25) is 0 Å². The van der Waals surface area contributed by atoms with Crippen LogP contribution in [0.4, 0.5) is 4.39 Å². The van der Waals surface area contributed by atoms with Crippen LogP contribution >= 0.6 is 51.1 Å². The quantitative estimate of drug-likeness (QED) is 0.654. The van der Waals surface area contributed by atoms with Crippen LogP contribution in [0.2, 0.25) is 5.02 Å². The first kappa shape index (κ1) is 17.9. The summed E-state index contributed by atoms with van der Waals surface area (Å²) >= 11 is 13.3. The molecular formula is C15H20BrClFNS2. The smallest absolute Gasteiger partial charge is 0.147 e. The fraction of sp³-hybridized carbons (Fsp3) is 0.600. The van der Waals surface area contributed by atoms with Gasteiger partial charge in [-0.1, -0.05) is 38.4 Å². The summed E-state index contributed by atoms with van der Waals surface area (Å²) < 4.78 is 15.2. The van der Waals surface area contributed by atoms with Gasteiger partial charge in [0.2, 0.25) is 0 Å². The largest absolute Gasteiger partial charge is 0.309 e. The van der Waals surface area contributed by atoms with Crippen LogP contribution in [0.3, 0.4) is 0 Å². The molecule has 0 amide bonds. The monoisotopic (exact) mass is 411 g/mol. The van der Waals surface area contributed by atoms with E-state index >= 15 is 0 Å². The molecule has 1 N–H and O–H groups in total. The summed E-state index contributed by atoms with van der Waals surface area (Å²) in [6.07, 6.45) is 0. The van der Waals surface area contributed by atoms with E-state index in [1.54, 1.807) is 0 Å². The van der Waals surface area contributed by atoms with Crippen molar-refractivity contribution in [3.8, 4) is 0 Å². The van der Waals surface area contributed by atoms with Crippen molar-refractivity contribution in [2.45, 2.75) is 42.6 Å². The zero-order valence-corrected chi connectivity index (χ0v) is 16.3. The van der Waals surface area contributed by atoms with E-state index in [1.165, 1.54) is 0 Å². The molecule has 0 radical (unpaired) electrons. The van der Waals surface area contributed by atoms with Crippen molar-refractivity contribution in [2.24, 2.45) is 0 Å². The van der Waals surface area contributed by atoms with E-state index in [-0.39, 0.29) is 16.9 Å². The minimum atomic E-state index is -0.311. The molecule has 118 valence electrons. The highest BCUT2D eigenvalue weighted by atomic mass is 79.9. The minimum Gasteiger partial charge on any atom is -0.309 e. The Morgan fingerprint density at radius 2 is 2.14 bits per heavy atom. The van der Waals surface area contributed by atoms with Gasteiger partial charge >= 0.3 is 0 Å². The Balaban J connectivity index is 2.29.